The van der Waals surface area contributed by atoms with Crippen molar-refractivity contribution < 1.29 is 14.6 Å². The fraction of sp³-hybridized carbons (Fsp3) is 0.520. The predicted molar refractivity (Wildman–Crippen MR) is 134 cm³/mol. The van der Waals surface area contributed by atoms with Gasteiger partial charge in [-0.25, -0.2) is 0 Å². The lowest BCUT2D eigenvalue weighted by Crippen LogP contribution is -2.42. The second-order valence-corrected chi connectivity index (χ2v) is 8.69. The fourth-order valence-electron chi connectivity index (χ4n) is 4.91. The van der Waals surface area contributed by atoms with E-state index < -0.39 is 0 Å². The number of fused-ring (bicyclic) bond motifs is 1. The minimum atomic E-state index is 0. The molecule has 0 aliphatic carbocycles. The largest absolute Gasteiger partial charge is 0.507 e. The van der Waals surface area contributed by atoms with Gasteiger partial charge in [0.25, 0.3) is 0 Å². The van der Waals surface area contributed by atoms with Gasteiger partial charge in [-0.3, -0.25) is 4.90 Å². The topological polar surface area (TPSA) is 54.0 Å². The molecule has 0 radical (unpaired) electrons. The van der Waals surface area contributed by atoms with E-state index in [-0.39, 0.29) is 37.0 Å². The molecule has 2 aliphatic heterocycles. The molecule has 2 aromatic rings. The van der Waals surface area contributed by atoms with Crippen LogP contribution < -0.4 is 10.1 Å². The third kappa shape index (κ3) is 5.89. The van der Waals surface area contributed by atoms with Crippen molar-refractivity contribution in [2.45, 2.75) is 44.9 Å². The van der Waals surface area contributed by atoms with Gasteiger partial charge in [0.15, 0.2) is 0 Å². The maximum absolute atomic E-state index is 10.7. The minimum absolute atomic E-state index is 0. The molecule has 2 aromatic carbocycles. The highest BCUT2D eigenvalue weighted by Gasteiger charge is 2.35. The minimum Gasteiger partial charge on any atom is -0.507 e. The summed E-state index contributed by atoms with van der Waals surface area (Å²) in [5, 5.41) is 14.0. The van der Waals surface area contributed by atoms with Gasteiger partial charge in [-0.05, 0) is 74.6 Å². The van der Waals surface area contributed by atoms with E-state index in [0.717, 1.165) is 67.9 Å². The van der Waals surface area contributed by atoms with Crippen LogP contribution in [0.15, 0.2) is 36.4 Å². The van der Waals surface area contributed by atoms with Crippen molar-refractivity contribution >= 4 is 24.8 Å². The highest BCUT2D eigenvalue weighted by molar-refractivity contribution is 5.85. The quantitative estimate of drug-likeness (QED) is 0.626. The number of aryl methyl sites for hydroxylation is 1. The molecule has 32 heavy (non-hydrogen) atoms. The lowest BCUT2D eigenvalue weighted by Gasteiger charge is -2.40. The smallest absolute Gasteiger partial charge is 0.122 e. The number of phenols is 1. The van der Waals surface area contributed by atoms with Crippen LogP contribution in [0.1, 0.15) is 41.2 Å². The lowest BCUT2D eigenvalue weighted by atomic mass is 9.83. The summed E-state index contributed by atoms with van der Waals surface area (Å²) in [7, 11) is 3.66. The van der Waals surface area contributed by atoms with Crippen LogP contribution in [0.5, 0.6) is 11.5 Å². The van der Waals surface area contributed by atoms with Crippen LogP contribution in [0.25, 0.3) is 0 Å². The molecule has 2 aliphatic rings. The Morgan fingerprint density at radius 2 is 1.78 bits per heavy atom. The summed E-state index contributed by atoms with van der Waals surface area (Å²) in [5.41, 5.74) is 4.51. The van der Waals surface area contributed by atoms with Gasteiger partial charge in [-0.1, -0.05) is 24.3 Å². The van der Waals surface area contributed by atoms with E-state index in [9.17, 15) is 5.11 Å². The molecule has 0 unspecified atom stereocenters. The van der Waals surface area contributed by atoms with Gasteiger partial charge < -0.3 is 19.9 Å². The summed E-state index contributed by atoms with van der Waals surface area (Å²) in [5.74, 6) is 1.89. The Morgan fingerprint density at radius 1 is 1.09 bits per heavy atom. The molecule has 178 valence electrons. The highest BCUT2D eigenvalue weighted by atomic mass is 35.5. The van der Waals surface area contributed by atoms with E-state index in [4.69, 9.17) is 9.47 Å². The first-order valence-corrected chi connectivity index (χ1v) is 11.1. The molecule has 0 saturated carbocycles. The zero-order chi connectivity index (χ0) is 21.1. The molecule has 4 rings (SSSR count). The first-order chi connectivity index (χ1) is 14.6. The molecule has 0 spiro atoms. The summed E-state index contributed by atoms with van der Waals surface area (Å²) >= 11 is 0. The van der Waals surface area contributed by atoms with E-state index >= 15 is 0 Å². The number of phenolic OH excluding ortho intramolecular Hbond substituents is 1. The number of likely N-dealkylation sites (N-methyl/N-ethyl adjacent to an activating group) is 1. The Balaban J connectivity index is 0.00000181. The first-order valence-electron chi connectivity index (χ1n) is 11.1. The number of benzene rings is 2. The van der Waals surface area contributed by atoms with Crippen LogP contribution in [0.4, 0.5) is 0 Å². The van der Waals surface area contributed by atoms with Gasteiger partial charge in [0, 0.05) is 25.1 Å². The molecule has 7 heteroatoms. The molecule has 2 N–H and O–H groups in total. The number of likely N-dealkylation sites (tertiary alicyclic amines) is 1. The number of piperidine rings is 1. The normalized spacial score (nSPS) is 21.2. The number of halogens is 2. The average molecular weight is 483 g/mol. The summed E-state index contributed by atoms with van der Waals surface area (Å²) in [6, 6.07) is 12.5. The number of nitrogens with one attached hydrogen (secondary N) is 1. The maximum atomic E-state index is 10.7. The summed E-state index contributed by atoms with van der Waals surface area (Å²) < 4.78 is 11.8. The van der Waals surface area contributed by atoms with E-state index in [1.54, 1.807) is 7.11 Å². The van der Waals surface area contributed by atoms with Crippen LogP contribution in [0, 0.1) is 12.8 Å². The fourth-order valence-corrected chi connectivity index (χ4v) is 4.91. The van der Waals surface area contributed by atoms with Gasteiger partial charge in [0.1, 0.15) is 11.5 Å². The highest BCUT2D eigenvalue weighted by Crippen LogP contribution is 2.40. The van der Waals surface area contributed by atoms with Crippen LogP contribution >= 0.6 is 24.8 Å². The van der Waals surface area contributed by atoms with Crippen LogP contribution in [-0.4, -0.2) is 49.9 Å². The molecular formula is C25H36Cl2N2O3. The molecular weight excluding hydrogens is 447 g/mol. The molecule has 2 heterocycles. The average Bonchev–Trinajstić information content (AvgIpc) is 2.77. The Bertz CT molecular complexity index is 855. The second kappa shape index (κ2) is 12.1. The number of aromatic hydroxyl groups is 1. The van der Waals surface area contributed by atoms with Crippen molar-refractivity contribution in [2.75, 3.05) is 33.8 Å². The number of hydrogen-bond donors (Lipinski definition) is 2. The molecule has 2 atom stereocenters. The van der Waals surface area contributed by atoms with Crippen molar-refractivity contribution in [2.24, 2.45) is 5.92 Å². The standard InChI is InChI=1S/C25H34N2O3.2ClH/c1-17-4-9-21-22(25(17)28)14-23(30-24(21)15-26-2)19-10-12-27(13-11-19)16-18-5-7-20(29-3)8-6-18;;/h4-9,19,23-24,26,28H,10-16H2,1-3H3;2*1H/t23-,24-;;/m0../s1. The lowest BCUT2D eigenvalue weighted by molar-refractivity contribution is -0.0674. The predicted octanol–water partition coefficient (Wildman–Crippen LogP) is 4.67. The molecule has 5 nitrogen and oxygen atoms in total. The van der Waals surface area contributed by atoms with Crippen LogP contribution in [0.3, 0.4) is 0 Å². The van der Waals surface area contributed by atoms with Crippen molar-refractivity contribution in [3.63, 3.8) is 0 Å². The molecule has 0 aromatic heterocycles. The Labute approximate surface area is 204 Å². The number of methoxy groups -OCH3 is 1. The summed E-state index contributed by atoms with van der Waals surface area (Å²) in [4.78, 5) is 2.53. The number of hydrogen-bond acceptors (Lipinski definition) is 5. The summed E-state index contributed by atoms with van der Waals surface area (Å²) in [6.07, 6.45) is 3.26. The third-order valence-corrected chi connectivity index (χ3v) is 6.72. The van der Waals surface area contributed by atoms with E-state index in [2.05, 4.69) is 28.4 Å². The molecule has 0 bridgehead atoms. The van der Waals surface area contributed by atoms with E-state index in [1.165, 1.54) is 5.56 Å². The molecule has 0 amide bonds. The number of ether oxygens (including phenoxy) is 2. The molecule has 1 saturated heterocycles. The Hall–Kier alpha value is -1.50. The van der Waals surface area contributed by atoms with Gasteiger partial charge in [0.2, 0.25) is 0 Å². The van der Waals surface area contributed by atoms with Crippen molar-refractivity contribution in [1.82, 2.24) is 10.2 Å². The van der Waals surface area contributed by atoms with Crippen molar-refractivity contribution in [1.29, 1.82) is 0 Å². The SMILES string of the molecule is CNC[C@@H]1O[C@H](C2CCN(Cc3ccc(OC)cc3)CC2)Cc2c1ccc(C)c2O.Cl.Cl. The van der Waals surface area contributed by atoms with E-state index in [1.807, 2.05) is 32.2 Å². The van der Waals surface area contributed by atoms with Crippen molar-refractivity contribution in [3.05, 3.63) is 58.7 Å². The number of rotatable bonds is 6. The van der Waals surface area contributed by atoms with E-state index in [0.29, 0.717) is 11.7 Å². The van der Waals surface area contributed by atoms with Gasteiger partial charge in [0.05, 0.1) is 19.3 Å². The van der Waals surface area contributed by atoms with Crippen molar-refractivity contribution in [3.8, 4) is 11.5 Å². The third-order valence-electron chi connectivity index (χ3n) is 6.72. The van der Waals surface area contributed by atoms with Gasteiger partial charge in [-0.2, -0.15) is 0 Å². The maximum Gasteiger partial charge on any atom is 0.122 e. The first kappa shape index (κ1) is 26.7. The number of nitrogens with zero attached hydrogens (tertiary/aromatic N) is 1. The second-order valence-electron chi connectivity index (χ2n) is 8.69. The Morgan fingerprint density at radius 3 is 2.41 bits per heavy atom. The van der Waals surface area contributed by atoms with Crippen LogP contribution in [0.2, 0.25) is 0 Å². The summed E-state index contributed by atoms with van der Waals surface area (Å²) in [6.45, 7) is 5.89. The monoisotopic (exact) mass is 482 g/mol. The Kier molecular flexibility index (Phi) is 10.1. The van der Waals surface area contributed by atoms with Gasteiger partial charge in [-0.15, -0.1) is 24.8 Å². The zero-order valence-electron chi connectivity index (χ0n) is 19.2. The zero-order valence-corrected chi connectivity index (χ0v) is 20.8. The van der Waals surface area contributed by atoms with Gasteiger partial charge >= 0.3 is 0 Å². The van der Waals surface area contributed by atoms with Crippen LogP contribution in [-0.2, 0) is 17.7 Å². The molecule has 1 fully saturated rings.